The Hall–Kier alpha value is -0.0900. The van der Waals surface area contributed by atoms with Gasteiger partial charge in [-0.25, -0.2) is 4.98 Å². The third-order valence-electron chi connectivity index (χ3n) is 1.38. The summed E-state index contributed by atoms with van der Waals surface area (Å²) in [6, 6.07) is 0. The van der Waals surface area contributed by atoms with Gasteiger partial charge in [0.05, 0.1) is 5.69 Å². The molecule has 0 bridgehead atoms. The van der Waals surface area contributed by atoms with Crippen LogP contribution in [0, 0.1) is 6.92 Å². The maximum absolute atomic E-state index is 5.18. The number of thiol groups is 1. The summed E-state index contributed by atoms with van der Waals surface area (Å²) in [6.07, 6.45) is 4.02. The SMILES string of the molecule is Cc1coc(SCCCCS)n1. The van der Waals surface area contributed by atoms with Crippen LogP contribution in [0.15, 0.2) is 15.9 Å². The second kappa shape index (κ2) is 5.54. The number of oxazole rings is 1. The molecule has 0 spiro atoms. The van der Waals surface area contributed by atoms with Crippen LogP contribution in [-0.4, -0.2) is 16.5 Å². The van der Waals surface area contributed by atoms with Crippen molar-refractivity contribution in [3.63, 3.8) is 0 Å². The second-order valence-electron chi connectivity index (χ2n) is 2.53. The van der Waals surface area contributed by atoms with Crippen molar-refractivity contribution in [1.82, 2.24) is 4.98 Å². The highest BCUT2D eigenvalue weighted by atomic mass is 32.2. The predicted octanol–water partition coefficient (Wildman–Crippen LogP) is 2.79. The maximum atomic E-state index is 5.18. The number of aromatic nitrogens is 1. The van der Waals surface area contributed by atoms with Crippen LogP contribution >= 0.6 is 24.4 Å². The molecule has 68 valence electrons. The molecule has 0 saturated carbocycles. The van der Waals surface area contributed by atoms with Gasteiger partial charge in [0.15, 0.2) is 0 Å². The fourth-order valence-corrected chi connectivity index (χ4v) is 1.84. The van der Waals surface area contributed by atoms with E-state index in [0.29, 0.717) is 0 Å². The molecule has 2 nitrogen and oxygen atoms in total. The summed E-state index contributed by atoms with van der Waals surface area (Å²) in [6.45, 7) is 1.93. The molecule has 0 aromatic carbocycles. The highest BCUT2D eigenvalue weighted by Crippen LogP contribution is 2.17. The average Bonchev–Trinajstić information content (AvgIpc) is 2.45. The molecule has 12 heavy (non-hydrogen) atoms. The van der Waals surface area contributed by atoms with Crippen molar-refractivity contribution in [2.45, 2.75) is 25.0 Å². The van der Waals surface area contributed by atoms with E-state index in [1.54, 1.807) is 18.0 Å². The molecular formula is C8H13NOS2. The van der Waals surface area contributed by atoms with Crippen molar-refractivity contribution in [3.8, 4) is 0 Å². The Balaban J connectivity index is 2.15. The Morgan fingerprint density at radius 1 is 1.58 bits per heavy atom. The number of aryl methyl sites for hydroxylation is 1. The van der Waals surface area contributed by atoms with Crippen LogP contribution in [0.25, 0.3) is 0 Å². The zero-order valence-electron chi connectivity index (χ0n) is 7.12. The van der Waals surface area contributed by atoms with Crippen LogP contribution in [0.3, 0.4) is 0 Å². The van der Waals surface area contributed by atoms with Crippen LogP contribution in [0.1, 0.15) is 18.5 Å². The smallest absolute Gasteiger partial charge is 0.255 e. The molecule has 0 aliphatic carbocycles. The van der Waals surface area contributed by atoms with Gasteiger partial charge in [0, 0.05) is 5.75 Å². The van der Waals surface area contributed by atoms with Gasteiger partial charge in [-0.2, -0.15) is 12.6 Å². The summed E-state index contributed by atoms with van der Waals surface area (Å²) < 4.78 is 5.18. The van der Waals surface area contributed by atoms with Crippen molar-refractivity contribution < 1.29 is 4.42 Å². The Kier molecular flexibility index (Phi) is 4.61. The van der Waals surface area contributed by atoms with Crippen molar-refractivity contribution >= 4 is 24.4 Å². The molecule has 0 atom stereocenters. The fraction of sp³-hybridized carbons (Fsp3) is 0.625. The first kappa shape index (κ1) is 9.99. The molecule has 0 radical (unpaired) electrons. The van der Waals surface area contributed by atoms with Crippen molar-refractivity contribution in [1.29, 1.82) is 0 Å². The molecule has 0 aliphatic heterocycles. The lowest BCUT2D eigenvalue weighted by Crippen LogP contribution is -1.81. The Morgan fingerprint density at radius 3 is 3.00 bits per heavy atom. The molecule has 1 heterocycles. The van der Waals surface area contributed by atoms with Crippen LogP contribution in [0.4, 0.5) is 0 Å². The standard InChI is InChI=1S/C8H13NOS2/c1-7-6-10-8(9-7)12-5-3-2-4-11/h6,11H,2-5H2,1H3. The third-order valence-corrected chi connectivity index (χ3v) is 2.62. The molecule has 0 unspecified atom stereocenters. The minimum Gasteiger partial charge on any atom is -0.440 e. The Labute approximate surface area is 82.5 Å². The summed E-state index contributed by atoms with van der Waals surface area (Å²) in [7, 11) is 0. The van der Waals surface area contributed by atoms with Crippen molar-refractivity contribution in [2.24, 2.45) is 0 Å². The molecule has 1 aromatic rings. The van der Waals surface area contributed by atoms with E-state index in [1.807, 2.05) is 6.92 Å². The second-order valence-corrected chi connectivity index (χ2v) is 4.03. The van der Waals surface area contributed by atoms with E-state index in [-0.39, 0.29) is 0 Å². The number of unbranched alkanes of at least 4 members (excludes halogenated alkanes) is 1. The van der Waals surface area contributed by atoms with Crippen molar-refractivity contribution in [3.05, 3.63) is 12.0 Å². The summed E-state index contributed by atoms with van der Waals surface area (Å²) in [5.41, 5.74) is 0.951. The normalized spacial score (nSPS) is 10.5. The summed E-state index contributed by atoms with van der Waals surface area (Å²) in [5, 5.41) is 0.784. The fourth-order valence-electron chi connectivity index (χ4n) is 0.772. The number of rotatable bonds is 5. The van der Waals surface area contributed by atoms with Gasteiger partial charge in [-0.05, 0) is 25.5 Å². The minimum atomic E-state index is 0.784. The Bertz CT molecular complexity index is 225. The lowest BCUT2D eigenvalue weighted by atomic mass is 10.4. The van der Waals surface area contributed by atoms with Gasteiger partial charge in [-0.1, -0.05) is 11.8 Å². The first-order valence-corrected chi connectivity index (χ1v) is 5.60. The van der Waals surface area contributed by atoms with Crippen LogP contribution in [-0.2, 0) is 0 Å². The van der Waals surface area contributed by atoms with E-state index in [4.69, 9.17) is 4.42 Å². The van der Waals surface area contributed by atoms with Gasteiger partial charge in [0.1, 0.15) is 6.26 Å². The first-order chi connectivity index (χ1) is 5.83. The van der Waals surface area contributed by atoms with Gasteiger partial charge in [0.2, 0.25) is 0 Å². The lowest BCUT2D eigenvalue weighted by Gasteiger charge is -1.94. The zero-order chi connectivity index (χ0) is 8.81. The lowest BCUT2D eigenvalue weighted by molar-refractivity contribution is 0.454. The van der Waals surface area contributed by atoms with E-state index in [0.717, 1.165) is 28.8 Å². The molecule has 0 N–H and O–H groups in total. The average molecular weight is 203 g/mol. The largest absolute Gasteiger partial charge is 0.440 e. The van der Waals surface area contributed by atoms with Gasteiger partial charge in [-0.15, -0.1) is 0 Å². The molecule has 4 heteroatoms. The molecule has 0 aliphatic rings. The molecule has 0 amide bonds. The molecule has 0 saturated heterocycles. The highest BCUT2D eigenvalue weighted by molar-refractivity contribution is 7.99. The molecular weight excluding hydrogens is 190 g/mol. The number of hydrogen-bond donors (Lipinski definition) is 1. The molecule has 1 rings (SSSR count). The number of nitrogens with zero attached hydrogens (tertiary/aromatic N) is 1. The number of thioether (sulfide) groups is 1. The summed E-state index contributed by atoms with van der Waals surface area (Å²) in [5.74, 6) is 2.03. The maximum Gasteiger partial charge on any atom is 0.255 e. The minimum absolute atomic E-state index is 0.784. The van der Waals surface area contributed by atoms with E-state index in [2.05, 4.69) is 17.6 Å². The first-order valence-electron chi connectivity index (χ1n) is 3.98. The topological polar surface area (TPSA) is 26.0 Å². The monoisotopic (exact) mass is 203 g/mol. The highest BCUT2D eigenvalue weighted by Gasteiger charge is 1.99. The third kappa shape index (κ3) is 3.54. The van der Waals surface area contributed by atoms with Gasteiger partial charge >= 0.3 is 0 Å². The van der Waals surface area contributed by atoms with Crippen LogP contribution in [0.5, 0.6) is 0 Å². The van der Waals surface area contributed by atoms with Crippen LogP contribution < -0.4 is 0 Å². The van der Waals surface area contributed by atoms with E-state index >= 15 is 0 Å². The van der Waals surface area contributed by atoms with Gasteiger partial charge in [0.25, 0.3) is 5.22 Å². The quantitative estimate of drug-likeness (QED) is 0.453. The zero-order valence-corrected chi connectivity index (χ0v) is 8.83. The number of hydrogen-bond acceptors (Lipinski definition) is 4. The van der Waals surface area contributed by atoms with E-state index < -0.39 is 0 Å². The van der Waals surface area contributed by atoms with E-state index in [1.165, 1.54) is 6.42 Å². The van der Waals surface area contributed by atoms with Gasteiger partial charge in [-0.3, -0.25) is 0 Å². The van der Waals surface area contributed by atoms with Gasteiger partial charge < -0.3 is 4.42 Å². The predicted molar refractivity (Wildman–Crippen MR) is 55.1 cm³/mol. The molecule has 1 aromatic heterocycles. The molecule has 0 fully saturated rings. The summed E-state index contributed by atoms with van der Waals surface area (Å²) >= 11 is 5.81. The van der Waals surface area contributed by atoms with Crippen molar-refractivity contribution in [2.75, 3.05) is 11.5 Å². The Morgan fingerprint density at radius 2 is 2.42 bits per heavy atom. The summed E-state index contributed by atoms with van der Waals surface area (Å²) in [4.78, 5) is 4.19. The van der Waals surface area contributed by atoms with Crippen LogP contribution in [0.2, 0.25) is 0 Å². The van der Waals surface area contributed by atoms with E-state index in [9.17, 15) is 0 Å².